The number of nitrogens with zero attached hydrogens (tertiary/aromatic N) is 6. The normalized spacial score (nSPS) is 17.0. The van der Waals surface area contributed by atoms with Gasteiger partial charge in [0.2, 0.25) is 0 Å². The molecule has 0 radical (unpaired) electrons. The molecule has 4 heterocycles. The van der Waals surface area contributed by atoms with Crippen molar-refractivity contribution in [1.29, 1.82) is 5.26 Å². The Morgan fingerprint density at radius 1 is 1.04 bits per heavy atom. The van der Waals surface area contributed by atoms with E-state index in [1.807, 2.05) is 12.1 Å². The van der Waals surface area contributed by atoms with E-state index in [1.54, 1.807) is 12.4 Å². The summed E-state index contributed by atoms with van der Waals surface area (Å²) in [7, 11) is 0. The van der Waals surface area contributed by atoms with Gasteiger partial charge in [-0.1, -0.05) is 17.7 Å². The number of allylic oxidation sites excluding steroid dienone is 1. The Hall–Kier alpha value is -2.91. The molecule has 0 bridgehead atoms. The van der Waals surface area contributed by atoms with Gasteiger partial charge in [0.25, 0.3) is 0 Å². The first kappa shape index (κ1) is 18.5. The van der Waals surface area contributed by atoms with Crippen molar-refractivity contribution in [2.75, 3.05) is 42.5 Å². The Morgan fingerprint density at radius 2 is 1.75 bits per heavy atom. The molecule has 6 nitrogen and oxygen atoms in total. The number of anilines is 2. The van der Waals surface area contributed by atoms with E-state index >= 15 is 0 Å². The Bertz CT molecular complexity index is 965. The van der Waals surface area contributed by atoms with Crippen LogP contribution in [0.15, 0.2) is 47.2 Å². The molecule has 0 saturated carbocycles. The van der Waals surface area contributed by atoms with Gasteiger partial charge in [-0.2, -0.15) is 5.26 Å². The molecular weight excluding hydrogens is 372 g/mol. The fraction of sp³-hybridized carbons (Fsp3) is 0.333. The van der Waals surface area contributed by atoms with Crippen LogP contribution in [-0.2, 0) is 0 Å². The molecule has 2 aromatic rings. The largest absolute Gasteiger partial charge is 0.353 e. The van der Waals surface area contributed by atoms with Crippen LogP contribution in [-0.4, -0.2) is 48.4 Å². The van der Waals surface area contributed by atoms with E-state index in [0.29, 0.717) is 10.6 Å². The average Bonchev–Trinajstić information content (AvgIpc) is 2.75. The second-order valence-corrected chi connectivity index (χ2v) is 7.33. The van der Waals surface area contributed by atoms with Crippen LogP contribution >= 0.6 is 11.6 Å². The van der Waals surface area contributed by atoms with Crippen LogP contribution in [0.3, 0.4) is 0 Å². The lowest BCUT2D eigenvalue weighted by molar-refractivity contribution is 0.641. The van der Waals surface area contributed by atoms with E-state index in [2.05, 4.69) is 49.9 Å². The van der Waals surface area contributed by atoms with Gasteiger partial charge in [0.1, 0.15) is 17.7 Å². The number of pyridine rings is 2. The van der Waals surface area contributed by atoms with E-state index in [0.717, 1.165) is 62.1 Å². The first-order chi connectivity index (χ1) is 13.7. The summed E-state index contributed by atoms with van der Waals surface area (Å²) in [4.78, 5) is 18.1. The number of nitriles is 1. The molecule has 0 aliphatic carbocycles. The van der Waals surface area contributed by atoms with Gasteiger partial charge in [0.15, 0.2) is 0 Å². The maximum atomic E-state index is 8.91. The van der Waals surface area contributed by atoms with Gasteiger partial charge in [-0.05, 0) is 37.1 Å². The fourth-order valence-electron chi connectivity index (χ4n) is 3.56. The minimum absolute atomic E-state index is 0.579. The monoisotopic (exact) mass is 392 g/mol. The standard InChI is InChI=1S/C21H21ClN6/c1-15-3-2-6-24-21(15)17-11-20(26-14-18(17)22)28-9-7-27(8-10-28)19-5-4-16(12-23)13-25-19/h3-5,11,13-14H,2,6-10H2,1H3. The maximum Gasteiger partial charge on any atom is 0.129 e. The Labute approximate surface area is 169 Å². The zero-order valence-electron chi connectivity index (χ0n) is 15.8. The van der Waals surface area contributed by atoms with Gasteiger partial charge in [0.05, 0.1) is 16.3 Å². The number of hydrogen-bond donors (Lipinski definition) is 0. The summed E-state index contributed by atoms with van der Waals surface area (Å²) in [6.07, 6.45) is 6.54. The van der Waals surface area contributed by atoms with Gasteiger partial charge >= 0.3 is 0 Å². The zero-order chi connectivity index (χ0) is 19.5. The molecule has 0 atom stereocenters. The average molecular weight is 393 g/mol. The summed E-state index contributed by atoms with van der Waals surface area (Å²) in [5.74, 6) is 1.83. The molecule has 0 amide bonds. The molecule has 1 saturated heterocycles. The zero-order valence-corrected chi connectivity index (χ0v) is 16.5. The molecule has 2 aromatic heterocycles. The van der Waals surface area contributed by atoms with Crippen LogP contribution in [0.5, 0.6) is 0 Å². The number of piperazine rings is 1. The van der Waals surface area contributed by atoms with Crippen LogP contribution in [0, 0.1) is 11.3 Å². The molecular formula is C21H21ClN6. The topological polar surface area (TPSA) is 68.4 Å². The van der Waals surface area contributed by atoms with Gasteiger partial charge in [0, 0.05) is 50.7 Å². The third kappa shape index (κ3) is 3.71. The first-order valence-electron chi connectivity index (χ1n) is 9.39. The smallest absolute Gasteiger partial charge is 0.129 e. The van der Waals surface area contributed by atoms with Crippen molar-refractivity contribution in [3.05, 3.63) is 58.4 Å². The molecule has 7 heteroatoms. The summed E-state index contributed by atoms with van der Waals surface area (Å²) in [5, 5.41) is 9.55. The van der Waals surface area contributed by atoms with Crippen LogP contribution in [0.4, 0.5) is 11.6 Å². The highest BCUT2D eigenvalue weighted by Gasteiger charge is 2.21. The van der Waals surface area contributed by atoms with Gasteiger partial charge in [-0.3, -0.25) is 4.99 Å². The summed E-state index contributed by atoms with van der Waals surface area (Å²) in [6.45, 7) is 6.26. The van der Waals surface area contributed by atoms with Crippen LogP contribution < -0.4 is 9.80 Å². The molecule has 1 fully saturated rings. The fourth-order valence-corrected chi connectivity index (χ4v) is 3.76. The van der Waals surface area contributed by atoms with Gasteiger partial charge in [-0.15, -0.1) is 0 Å². The van der Waals surface area contributed by atoms with E-state index < -0.39 is 0 Å². The second-order valence-electron chi connectivity index (χ2n) is 6.92. The van der Waals surface area contributed by atoms with E-state index in [-0.39, 0.29) is 0 Å². The summed E-state index contributed by atoms with van der Waals surface area (Å²) in [5.41, 5.74) is 3.67. The predicted molar refractivity (Wildman–Crippen MR) is 112 cm³/mol. The van der Waals surface area contributed by atoms with E-state index in [4.69, 9.17) is 16.9 Å². The lowest BCUT2D eigenvalue weighted by atomic mass is 10.0. The number of aliphatic imine (C=N–C) groups is 1. The highest BCUT2D eigenvalue weighted by Crippen LogP contribution is 2.26. The molecule has 0 N–H and O–H groups in total. The van der Waals surface area contributed by atoms with Gasteiger partial charge < -0.3 is 9.80 Å². The van der Waals surface area contributed by atoms with Crippen LogP contribution in [0.1, 0.15) is 24.5 Å². The van der Waals surface area contributed by atoms with Crippen LogP contribution in [0.25, 0.3) is 0 Å². The lowest BCUT2D eigenvalue weighted by Crippen LogP contribution is -2.47. The van der Waals surface area contributed by atoms with Crippen molar-refractivity contribution in [1.82, 2.24) is 9.97 Å². The second kappa shape index (κ2) is 7.99. The molecule has 0 aromatic carbocycles. The number of aromatic nitrogens is 2. The SMILES string of the molecule is CC1=CCCN=C1c1cc(N2CCN(c3ccc(C#N)cn3)CC2)ncc1Cl. The van der Waals surface area contributed by atoms with Crippen molar-refractivity contribution in [2.24, 2.45) is 4.99 Å². The van der Waals surface area contributed by atoms with E-state index in [1.165, 1.54) is 5.57 Å². The Balaban J connectivity index is 1.49. The summed E-state index contributed by atoms with van der Waals surface area (Å²) in [6, 6.07) is 7.87. The minimum atomic E-state index is 0.579. The van der Waals surface area contributed by atoms with Crippen molar-refractivity contribution in [3.63, 3.8) is 0 Å². The van der Waals surface area contributed by atoms with Gasteiger partial charge in [-0.25, -0.2) is 9.97 Å². The summed E-state index contributed by atoms with van der Waals surface area (Å²) < 4.78 is 0. The predicted octanol–water partition coefficient (Wildman–Crippen LogP) is 3.47. The molecule has 0 spiro atoms. The summed E-state index contributed by atoms with van der Waals surface area (Å²) >= 11 is 6.43. The molecule has 2 aliphatic rings. The molecule has 142 valence electrons. The minimum Gasteiger partial charge on any atom is -0.353 e. The molecule has 4 rings (SSSR count). The molecule has 28 heavy (non-hydrogen) atoms. The number of rotatable bonds is 3. The first-order valence-corrected chi connectivity index (χ1v) is 9.77. The third-order valence-electron chi connectivity index (χ3n) is 5.12. The molecule has 2 aliphatic heterocycles. The molecule has 0 unspecified atom stereocenters. The number of hydrogen-bond acceptors (Lipinski definition) is 6. The highest BCUT2D eigenvalue weighted by atomic mass is 35.5. The van der Waals surface area contributed by atoms with Crippen LogP contribution in [0.2, 0.25) is 5.02 Å². The number of halogens is 1. The maximum absolute atomic E-state index is 8.91. The number of dihydropyridines is 1. The third-order valence-corrected chi connectivity index (χ3v) is 5.42. The van der Waals surface area contributed by atoms with Crippen molar-refractivity contribution in [2.45, 2.75) is 13.3 Å². The Kier molecular flexibility index (Phi) is 5.27. The van der Waals surface area contributed by atoms with Crippen molar-refractivity contribution >= 4 is 28.9 Å². The van der Waals surface area contributed by atoms with Crippen molar-refractivity contribution in [3.8, 4) is 6.07 Å². The Morgan fingerprint density at radius 3 is 2.39 bits per heavy atom. The van der Waals surface area contributed by atoms with E-state index in [9.17, 15) is 0 Å². The quantitative estimate of drug-likeness (QED) is 0.800. The highest BCUT2D eigenvalue weighted by molar-refractivity contribution is 6.35. The lowest BCUT2D eigenvalue weighted by Gasteiger charge is -2.36. The van der Waals surface area contributed by atoms with Crippen molar-refractivity contribution < 1.29 is 0 Å².